The summed E-state index contributed by atoms with van der Waals surface area (Å²) in [6, 6.07) is 7.69. The van der Waals surface area contributed by atoms with Gasteiger partial charge in [0.2, 0.25) is 0 Å². The monoisotopic (exact) mass is 164 g/mol. The molecule has 12 heavy (non-hydrogen) atoms. The van der Waals surface area contributed by atoms with Crippen LogP contribution in [0.4, 0.5) is 5.69 Å². The van der Waals surface area contributed by atoms with Crippen molar-refractivity contribution < 1.29 is 0 Å². The first-order valence-corrected chi connectivity index (χ1v) is 3.96. The number of nitrogens with zero attached hydrogens (tertiary/aromatic N) is 2. The maximum absolute atomic E-state index is 10.4. The van der Waals surface area contributed by atoms with Crippen LogP contribution in [0.2, 0.25) is 0 Å². The molecule has 0 aliphatic carbocycles. The summed E-state index contributed by atoms with van der Waals surface area (Å²) in [5, 5.41) is 4.36. The maximum atomic E-state index is 10.4. The molecule has 1 aromatic carbocycles. The van der Waals surface area contributed by atoms with Gasteiger partial charge in [0.1, 0.15) is 0 Å². The van der Waals surface area contributed by atoms with Gasteiger partial charge in [0.25, 0.3) is 0 Å². The van der Waals surface area contributed by atoms with Crippen LogP contribution in [0.25, 0.3) is 0 Å². The Morgan fingerprint density at radius 2 is 2.08 bits per heavy atom. The first-order valence-electron chi connectivity index (χ1n) is 3.96. The highest BCUT2D eigenvalue weighted by molar-refractivity contribution is 5.51. The van der Waals surface area contributed by atoms with Gasteiger partial charge in [-0.2, -0.15) is 0 Å². The molecular formula is C9H12N2O. The van der Waals surface area contributed by atoms with E-state index >= 15 is 0 Å². The number of rotatable bonds is 3. The average molecular weight is 164 g/mol. The average Bonchev–Trinajstić information content (AvgIpc) is 2.10. The second-order valence-corrected chi connectivity index (χ2v) is 2.58. The molecule has 0 fully saturated rings. The molecule has 1 rings (SSSR count). The molecule has 0 unspecified atom stereocenters. The molecular weight excluding hydrogens is 152 g/mol. The quantitative estimate of drug-likeness (QED) is 0.508. The van der Waals surface area contributed by atoms with Gasteiger partial charge in [-0.3, -0.25) is 0 Å². The van der Waals surface area contributed by atoms with Gasteiger partial charge < -0.3 is 0 Å². The summed E-state index contributed by atoms with van der Waals surface area (Å²) in [6.07, 6.45) is 0. The van der Waals surface area contributed by atoms with Crippen molar-refractivity contribution in [2.24, 2.45) is 5.29 Å². The maximum Gasteiger partial charge on any atom is 0.0655 e. The second kappa shape index (κ2) is 3.85. The van der Waals surface area contributed by atoms with Crippen LogP contribution in [0.15, 0.2) is 29.6 Å². The minimum atomic E-state index is 0.606. The van der Waals surface area contributed by atoms with Gasteiger partial charge in [0.05, 0.1) is 11.0 Å². The number of anilines is 1. The Bertz CT molecular complexity index is 273. The topological polar surface area (TPSA) is 32.7 Å². The highest BCUT2D eigenvalue weighted by atomic mass is 16.3. The van der Waals surface area contributed by atoms with E-state index in [1.807, 2.05) is 38.1 Å². The molecule has 0 atom stereocenters. The first-order chi connectivity index (χ1) is 5.79. The Labute approximate surface area is 72.0 Å². The predicted octanol–water partition coefficient (Wildman–Crippen LogP) is 2.50. The number of nitroso groups, excluding NO2 is 1. The second-order valence-electron chi connectivity index (χ2n) is 2.58. The highest BCUT2D eigenvalue weighted by Crippen LogP contribution is 2.18. The van der Waals surface area contributed by atoms with Crippen molar-refractivity contribution in [3.8, 4) is 0 Å². The third kappa shape index (κ3) is 1.61. The minimum absolute atomic E-state index is 0.606. The molecule has 0 saturated heterocycles. The lowest BCUT2D eigenvalue weighted by atomic mass is 10.2. The smallest absolute Gasteiger partial charge is 0.0655 e. The van der Waals surface area contributed by atoms with E-state index in [1.165, 1.54) is 5.01 Å². The SMILES string of the molecule is CCN(N=O)c1ccccc1C. The fourth-order valence-corrected chi connectivity index (χ4v) is 1.13. The Morgan fingerprint density at radius 1 is 1.42 bits per heavy atom. The Kier molecular flexibility index (Phi) is 2.80. The molecule has 64 valence electrons. The molecule has 3 heteroatoms. The van der Waals surface area contributed by atoms with Crippen LogP contribution in [0.5, 0.6) is 0 Å². The van der Waals surface area contributed by atoms with Gasteiger partial charge in [-0.15, -0.1) is 4.91 Å². The van der Waals surface area contributed by atoms with Crippen LogP contribution in [0.1, 0.15) is 12.5 Å². The van der Waals surface area contributed by atoms with Crippen LogP contribution in [0.3, 0.4) is 0 Å². The fourth-order valence-electron chi connectivity index (χ4n) is 1.13. The Hall–Kier alpha value is -1.38. The molecule has 0 aliphatic heterocycles. The number of aryl methyl sites for hydroxylation is 1. The van der Waals surface area contributed by atoms with E-state index in [1.54, 1.807) is 0 Å². The molecule has 0 spiro atoms. The summed E-state index contributed by atoms with van der Waals surface area (Å²) in [5.41, 5.74) is 1.95. The van der Waals surface area contributed by atoms with Gasteiger partial charge >= 0.3 is 0 Å². The zero-order chi connectivity index (χ0) is 8.97. The number of benzene rings is 1. The van der Waals surface area contributed by atoms with Crippen LogP contribution < -0.4 is 5.01 Å². The summed E-state index contributed by atoms with van der Waals surface area (Å²) in [6.45, 7) is 4.46. The van der Waals surface area contributed by atoms with Gasteiger partial charge in [-0.1, -0.05) is 18.2 Å². The summed E-state index contributed by atoms with van der Waals surface area (Å²) in [7, 11) is 0. The van der Waals surface area contributed by atoms with Crippen LogP contribution >= 0.6 is 0 Å². The summed E-state index contributed by atoms with van der Waals surface area (Å²) >= 11 is 0. The van der Waals surface area contributed by atoms with Crippen molar-refractivity contribution in [3.05, 3.63) is 34.7 Å². The van der Waals surface area contributed by atoms with Crippen molar-refractivity contribution in [3.63, 3.8) is 0 Å². The van der Waals surface area contributed by atoms with Crippen molar-refractivity contribution in [2.75, 3.05) is 11.6 Å². The van der Waals surface area contributed by atoms with Crippen molar-refractivity contribution in [1.82, 2.24) is 0 Å². The van der Waals surface area contributed by atoms with Gasteiger partial charge in [-0.05, 0) is 25.5 Å². The van der Waals surface area contributed by atoms with Crippen molar-refractivity contribution in [1.29, 1.82) is 0 Å². The molecule has 3 nitrogen and oxygen atoms in total. The lowest BCUT2D eigenvalue weighted by Crippen LogP contribution is -2.14. The van der Waals surface area contributed by atoms with E-state index in [0.29, 0.717) is 6.54 Å². The van der Waals surface area contributed by atoms with Crippen LogP contribution in [0, 0.1) is 11.8 Å². The van der Waals surface area contributed by atoms with Gasteiger partial charge in [0.15, 0.2) is 0 Å². The summed E-state index contributed by atoms with van der Waals surface area (Å²) in [5.74, 6) is 0. The lowest BCUT2D eigenvalue weighted by Gasteiger charge is -2.14. The molecule has 1 aromatic rings. The molecule has 0 amide bonds. The van der Waals surface area contributed by atoms with Crippen molar-refractivity contribution in [2.45, 2.75) is 13.8 Å². The standard InChI is InChI=1S/C9H12N2O/c1-3-11(10-12)9-7-5-4-6-8(9)2/h4-7H,3H2,1-2H3. The Balaban J connectivity index is 3.00. The molecule has 0 radical (unpaired) electrons. The fraction of sp³-hybridized carbons (Fsp3) is 0.333. The largest absolute Gasteiger partial charge is 0.229 e. The lowest BCUT2D eigenvalue weighted by molar-refractivity contribution is 0.880. The van der Waals surface area contributed by atoms with E-state index in [4.69, 9.17) is 0 Å². The predicted molar refractivity (Wildman–Crippen MR) is 50.0 cm³/mol. The summed E-state index contributed by atoms with van der Waals surface area (Å²) in [4.78, 5) is 10.4. The number of para-hydroxylation sites is 1. The Morgan fingerprint density at radius 3 is 2.58 bits per heavy atom. The van der Waals surface area contributed by atoms with E-state index < -0.39 is 0 Å². The highest BCUT2D eigenvalue weighted by Gasteiger charge is 2.04. The molecule has 0 bridgehead atoms. The normalized spacial score (nSPS) is 9.50. The van der Waals surface area contributed by atoms with E-state index in [0.717, 1.165) is 11.3 Å². The number of hydrogen-bond acceptors (Lipinski definition) is 2. The van der Waals surface area contributed by atoms with Gasteiger partial charge in [0, 0.05) is 6.54 Å². The molecule has 0 aliphatic rings. The zero-order valence-electron chi connectivity index (χ0n) is 7.32. The molecule has 0 heterocycles. The minimum Gasteiger partial charge on any atom is -0.229 e. The third-order valence-electron chi connectivity index (χ3n) is 1.79. The first kappa shape index (κ1) is 8.71. The number of hydrogen-bond donors (Lipinski definition) is 0. The van der Waals surface area contributed by atoms with Crippen molar-refractivity contribution >= 4 is 5.69 Å². The van der Waals surface area contributed by atoms with E-state index in [-0.39, 0.29) is 0 Å². The summed E-state index contributed by atoms with van der Waals surface area (Å²) < 4.78 is 0. The van der Waals surface area contributed by atoms with E-state index in [2.05, 4.69) is 5.29 Å². The third-order valence-corrected chi connectivity index (χ3v) is 1.79. The zero-order valence-corrected chi connectivity index (χ0v) is 7.32. The van der Waals surface area contributed by atoms with E-state index in [9.17, 15) is 4.91 Å². The molecule has 0 aromatic heterocycles. The van der Waals surface area contributed by atoms with Crippen LogP contribution in [-0.4, -0.2) is 6.54 Å². The molecule has 0 saturated carbocycles. The van der Waals surface area contributed by atoms with Gasteiger partial charge in [-0.25, -0.2) is 5.01 Å². The molecule has 0 N–H and O–H groups in total. The van der Waals surface area contributed by atoms with Crippen LogP contribution in [-0.2, 0) is 0 Å².